The molecule has 5 heteroatoms. The maximum absolute atomic E-state index is 11.6. The molecule has 1 rings (SSSR count). The van der Waals surface area contributed by atoms with Crippen LogP contribution >= 0.6 is 11.6 Å². The Morgan fingerprint density at radius 2 is 2.31 bits per heavy atom. The standard InChI is InChI=1S/C11H16ClN3O/c1-7(6-13)5-11(16)15-9-3-4-10(12)14-8(9)2/h3-4,7H,5-6,13H2,1-2H3,(H,15,16). The Labute approximate surface area is 100 Å². The molecule has 3 N–H and O–H groups in total. The van der Waals surface area contributed by atoms with E-state index < -0.39 is 0 Å². The molecule has 0 aliphatic rings. The Balaban J connectivity index is 2.63. The Kier molecular flexibility index (Phi) is 4.71. The minimum Gasteiger partial charge on any atom is -0.330 e. The van der Waals surface area contributed by atoms with Crippen LogP contribution < -0.4 is 11.1 Å². The fourth-order valence-electron chi connectivity index (χ4n) is 1.26. The van der Waals surface area contributed by atoms with Gasteiger partial charge in [-0.2, -0.15) is 0 Å². The lowest BCUT2D eigenvalue weighted by atomic mass is 10.1. The number of hydrogen-bond donors (Lipinski definition) is 2. The van der Waals surface area contributed by atoms with Gasteiger partial charge in [0, 0.05) is 6.42 Å². The highest BCUT2D eigenvalue weighted by atomic mass is 35.5. The predicted molar refractivity (Wildman–Crippen MR) is 65.4 cm³/mol. The van der Waals surface area contributed by atoms with Gasteiger partial charge >= 0.3 is 0 Å². The van der Waals surface area contributed by atoms with Gasteiger partial charge in [-0.25, -0.2) is 4.98 Å². The lowest BCUT2D eigenvalue weighted by molar-refractivity contribution is -0.116. The van der Waals surface area contributed by atoms with E-state index in [9.17, 15) is 4.79 Å². The second kappa shape index (κ2) is 5.82. The van der Waals surface area contributed by atoms with Crippen LogP contribution in [0, 0.1) is 12.8 Å². The van der Waals surface area contributed by atoms with Crippen LogP contribution in [0.4, 0.5) is 5.69 Å². The van der Waals surface area contributed by atoms with E-state index in [0.29, 0.717) is 29.5 Å². The van der Waals surface area contributed by atoms with Gasteiger partial charge in [0.2, 0.25) is 5.91 Å². The van der Waals surface area contributed by atoms with Crippen molar-refractivity contribution >= 4 is 23.2 Å². The molecule has 1 heterocycles. The maximum atomic E-state index is 11.6. The Hall–Kier alpha value is -1.13. The highest BCUT2D eigenvalue weighted by Crippen LogP contribution is 2.16. The average molecular weight is 242 g/mol. The molecule has 16 heavy (non-hydrogen) atoms. The van der Waals surface area contributed by atoms with Crippen LogP contribution in [0.1, 0.15) is 19.0 Å². The fraction of sp³-hybridized carbons (Fsp3) is 0.455. The summed E-state index contributed by atoms with van der Waals surface area (Å²) in [5, 5.41) is 3.21. The van der Waals surface area contributed by atoms with E-state index >= 15 is 0 Å². The number of pyridine rings is 1. The largest absolute Gasteiger partial charge is 0.330 e. The summed E-state index contributed by atoms with van der Waals surface area (Å²) in [6.07, 6.45) is 0.415. The molecule has 0 saturated carbocycles. The summed E-state index contributed by atoms with van der Waals surface area (Å²) >= 11 is 5.72. The number of nitrogens with one attached hydrogen (secondary N) is 1. The van der Waals surface area contributed by atoms with Crippen molar-refractivity contribution in [1.82, 2.24) is 4.98 Å². The Morgan fingerprint density at radius 3 is 2.88 bits per heavy atom. The SMILES string of the molecule is Cc1nc(Cl)ccc1NC(=O)CC(C)CN. The summed E-state index contributed by atoms with van der Waals surface area (Å²) in [6, 6.07) is 3.40. The van der Waals surface area contributed by atoms with Gasteiger partial charge < -0.3 is 11.1 Å². The zero-order valence-electron chi connectivity index (χ0n) is 9.46. The molecule has 0 bridgehead atoms. The predicted octanol–water partition coefficient (Wildman–Crippen LogP) is 1.97. The third-order valence-corrected chi connectivity index (χ3v) is 2.47. The van der Waals surface area contributed by atoms with Crippen LogP contribution in [0.25, 0.3) is 0 Å². The van der Waals surface area contributed by atoms with E-state index in [1.165, 1.54) is 0 Å². The smallest absolute Gasteiger partial charge is 0.224 e. The topological polar surface area (TPSA) is 68.0 Å². The summed E-state index contributed by atoms with van der Waals surface area (Å²) < 4.78 is 0. The highest BCUT2D eigenvalue weighted by molar-refractivity contribution is 6.29. The van der Waals surface area contributed by atoms with E-state index in [1.54, 1.807) is 19.1 Å². The molecule has 0 saturated heterocycles. The zero-order chi connectivity index (χ0) is 12.1. The van der Waals surface area contributed by atoms with Crippen molar-refractivity contribution in [2.24, 2.45) is 11.7 Å². The van der Waals surface area contributed by atoms with Crippen molar-refractivity contribution in [1.29, 1.82) is 0 Å². The van der Waals surface area contributed by atoms with Crippen LogP contribution in [-0.2, 0) is 4.79 Å². The number of carbonyl (C=O) groups is 1. The maximum Gasteiger partial charge on any atom is 0.224 e. The van der Waals surface area contributed by atoms with Crippen LogP contribution in [0.5, 0.6) is 0 Å². The molecule has 0 radical (unpaired) electrons. The number of amides is 1. The van der Waals surface area contributed by atoms with Gasteiger partial charge in [0.25, 0.3) is 0 Å². The van der Waals surface area contributed by atoms with E-state index in [4.69, 9.17) is 17.3 Å². The molecule has 0 fully saturated rings. The Morgan fingerprint density at radius 1 is 1.62 bits per heavy atom. The molecule has 4 nitrogen and oxygen atoms in total. The van der Waals surface area contributed by atoms with Gasteiger partial charge in [0.05, 0.1) is 11.4 Å². The summed E-state index contributed by atoms with van der Waals surface area (Å²) in [5.74, 6) is 0.130. The monoisotopic (exact) mass is 241 g/mol. The van der Waals surface area contributed by atoms with E-state index in [0.717, 1.165) is 0 Å². The summed E-state index contributed by atoms with van der Waals surface area (Å²) in [6.45, 7) is 4.24. The number of aryl methyl sites for hydroxylation is 1. The third kappa shape index (κ3) is 3.79. The molecular formula is C11H16ClN3O. The molecule has 1 amide bonds. The lowest BCUT2D eigenvalue weighted by Crippen LogP contribution is -2.20. The van der Waals surface area contributed by atoms with Crippen molar-refractivity contribution < 1.29 is 4.79 Å². The fourth-order valence-corrected chi connectivity index (χ4v) is 1.45. The first-order valence-corrected chi connectivity index (χ1v) is 5.53. The van der Waals surface area contributed by atoms with E-state index in [1.807, 2.05) is 6.92 Å². The number of nitrogens with zero attached hydrogens (tertiary/aromatic N) is 1. The molecule has 1 aromatic rings. The second-order valence-corrected chi connectivity index (χ2v) is 4.25. The van der Waals surface area contributed by atoms with Crippen molar-refractivity contribution in [3.8, 4) is 0 Å². The summed E-state index contributed by atoms with van der Waals surface area (Å²) in [4.78, 5) is 15.6. The minimum absolute atomic E-state index is 0.0508. The Bertz CT molecular complexity index is 381. The second-order valence-electron chi connectivity index (χ2n) is 3.86. The van der Waals surface area contributed by atoms with Crippen molar-refractivity contribution in [3.05, 3.63) is 23.0 Å². The van der Waals surface area contributed by atoms with Crippen molar-refractivity contribution in [2.45, 2.75) is 20.3 Å². The molecule has 88 valence electrons. The van der Waals surface area contributed by atoms with Gasteiger partial charge in [0.15, 0.2) is 0 Å². The molecule has 0 aliphatic carbocycles. The van der Waals surface area contributed by atoms with E-state index in [-0.39, 0.29) is 11.8 Å². The number of rotatable bonds is 4. The summed E-state index contributed by atoms with van der Waals surface area (Å²) in [7, 11) is 0. The first-order chi connectivity index (χ1) is 7.52. The van der Waals surface area contributed by atoms with E-state index in [2.05, 4.69) is 10.3 Å². The van der Waals surface area contributed by atoms with Crippen molar-refractivity contribution in [2.75, 3.05) is 11.9 Å². The third-order valence-electron chi connectivity index (χ3n) is 2.26. The minimum atomic E-state index is -0.0508. The highest BCUT2D eigenvalue weighted by Gasteiger charge is 2.09. The first-order valence-electron chi connectivity index (χ1n) is 5.16. The van der Waals surface area contributed by atoms with Gasteiger partial charge in [-0.15, -0.1) is 0 Å². The molecule has 1 atom stereocenters. The number of halogens is 1. The molecular weight excluding hydrogens is 226 g/mol. The quantitative estimate of drug-likeness (QED) is 0.792. The summed E-state index contributed by atoms with van der Waals surface area (Å²) in [5.41, 5.74) is 6.86. The molecule has 0 spiro atoms. The van der Waals surface area contributed by atoms with Crippen LogP contribution in [-0.4, -0.2) is 17.4 Å². The number of aromatic nitrogens is 1. The number of hydrogen-bond acceptors (Lipinski definition) is 3. The van der Waals surface area contributed by atoms with Gasteiger partial charge in [-0.3, -0.25) is 4.79 Å². The number of carbonyl (C=O) groups excluding carboxylic acids is 1. The van der Waals surface area contributed by atoms with Crippen LogP contribution in [0.15, 0.2) is 12.1 Å². The molecule has 1 unspecified atom stereocenters. The average Bonchev–Trinajstić information content (AvgIpc) is 2.22. The zero-order valence-corrected chi connectivity index (χ0v) is 10.2. The van der Waals surface area contributed by atoms with Crippen molar-refractivity contribution in [3.63, 3.8) is 0 Å². The molecule has 0 aromatic carbocycles. The molecule has 1 aromatic heterocycles. The number of anilines is 1. The van der Waals surface area contributed by atoms with Gasteiger partial charge in [0.1, 0.15) is 5.15 Å². The van der Waals surface area contributed by atoms with Crippen LogP contribution in [0.3, 0.4) is 0 Å². The van der Waals surface area contributed by atoms with Crippen LogP contribution in [0.2, 0.25) is 5.15 Å². The lowest BCUT2D eigenvalue weighted by Gasteiger charge is -2.10. The first kappa shape index (κ1) is 12.9. The molecule has 0 aliphatic heterocycles. The van der Waals surface area contributed by atoms with Gasteiger partial charge in [-0.05, 0) is 31.5 Å². The number of nitrogens with two attached hydrogens (primary N) is 1. The van der Waals surface area contributed by atoms with Gasteiger partial charge in [-0.1, -0.05) is 18.5 Å². The normalized spacial score (nSPS) is 12.2.